The summed E-state index contributed by atoms with van der Waals surface area (Å²) in [6.45, 7) is -0.0251. The van der Waals surface area contributed by atoms with Crippen LogP contribution in [-0.2, 0) is 24.3 Å². The maximum atomic E-state index is 12.9. The van der Waals surface area contributed by atoms with Crippen LogP contribution in [0.5, 0.6) is 5.75 Å². The van der Waals surface area contributed by atoms with Crippen molar-refractivity contribution in [2.24, 2.45) is 11.3 Å². The van der Waals surface area contributed by atoms with E-state index in [0.717, 1.165) is 12.8 Å². The van der Waals surface area contributed by atoms with Gasteiger partial charge in [0.25, 0.3) is 0 Å². The summed E-state index contributed by atoms with van der Waals surface area (Å²) in [5.74, 6) is -1.25. The largest absolute Gasteiger partial charge is 0.482 e. The van der Waals surface area contributed by atoms with E-state index in [4.69, 9.17) is 4.74 Å². The lowest BCUT2D eigenvalue weighted by atomic mass is 9.81. The van der Waals surface area contributed by atoms with Crippen molar-refractivity contribution >= 4 is 22.0 Å². The number of esters is 1. The lowest BCUT2D eigenvalue weighted by Crippen LogP contribution is -2.37. The average molecular weight is 383 g/mol. The molecule has 0 amide bonds. The van der Waals surface area contributed by atoms with Crippen LogP contribution in [-0.4, -0.2) is 56.6 Å². The number of benzene rings is 1. The van der Waals surface area contributed by atoms with Gasteiger partial charge >= 0.3 is 11.9 Å². The fourth-order valence-electron chi connectivity index (χ4n) is 3.83. The van der Waals surface area contributed by atoms with Gasteiger partial charge in [0.05, 0.1) is 17.4 Å². The van der Waals surface area contributed by atoms with E-state index in [-0.39, 0.29) is 30.5 Å². The molecule has 1 heterocycles. The first-order valence-corrected chi connectivity index (χ1v) is 9.77. The predicted octanol–water partition coefficient (Wildman–Crippen LogP) is 1.11. The van der Waals surface area contributed by atoms with Gasteiger partial charge in [0.15, 0.2) is 6.61 Å². The van der Waals surface area contributed by atoms with Gasteiger partial charge in [-0.25, -0.2) is 13.2 Å². The molecule has 0 aromatic heterocycles. The van der Waals surface area contributed by atoms with Crippen LogP contribution in [0.2, 0.25) is 0 Å². The third-order valence-electron chi connectivity index (χ3n) is 5.31. The highest BCUT2D eigenvalue weighted by Gasteiger charge is 2.57. The molecule has 2 fully saturated rings. The molecule has 0 radical (unpaired) electrons. The number of hydrogen-bond acceptors (Lipinski definition) is 6. The highest BCUT2D eigenvalue weighted by Crippen LogP contribution is 2.50. The Morgan fingerprint density at radius 2 is 2.00 bits per heavy atom. The third kappa shape index (κ3) is 3.16. The third-order valence-corrected chi connectivity index (χ3v) is 7.14. The van der Waals surface area contributed by atoms with Crippen molar-refractivity contribution in [2.75, 3.05) is 26.8 Å². The normalized spacial score (nSPS) is 25.7. The number of nitrogens with zero attached hydrogens (tertiary/aromatic N) is 1. The van der Waals surface area contributed by atoms with Crippen LogP contribution in [0.1, 0.15) is 19.3 Å². The minimum Gasteiger partial charge on any atom is -0.482 e. The van der Waals surface area contributed by atoms with Gasteiger partial charge in [-0.2, -0.15) is 4.31 Å². The lowest BCUT2D eigenvalue weighted by Gasteiger charge is -2.23. The van der Waals surface area contributed by atoms with Gasteiger partial charge in [-0.05, 0) is 43.0 Å². The van der Waals surface area contributed by atoms with E-state index in [1.54, 1.807) is 0 Å². The molecule has 142 valence electrons. The van der Waals surface area contributed by atoms with Crippen LogP contribution in [0.4, 0.5) is 0 Å². The molecule has 2 aliphatic rings. The summed E-state index contributed by atoms with van der Waals surface area (Å²) in [5.41, 5.74) is -0.962. The predicted molar refractivity (Wildman–Crippen MR) is 90.1 cm³/mol. The van der Waals surface area contributed by atoms with E-state index in [2.05, 4.69) is 4.74 Å². The van der Waals surface area contributed by atoms with Gasteiger partial charge in [0.1, 0.15) is 5.75 Å². The standard InChI is InChI=1S/C17H21NO7S/c1-24-15(19)10-25-13-4-6-14(7-5-13)26(22,23)18-9-12-3-2-8-17(12,11-18)16(20)21/h4-7,12H,2-3,8-11H2,1H3,(H,20,21)/t12-,17+/m0/s1. The van der Waals surface area contributed by atoms with E-state index in [0.29, 0.717) is 12.2 Å². The number of aliphatic carboxylic acids is 1. The molecule has 1 aromatic carbocycles. The fraction of sp³-hybridized carbons (Fsp3) is 0.529. The van der Waals surface area contributed by atoms with Crippen molar-refractivity contribution in [2.45, 2.75) is 24.2 Å². The smallest absolute Gasteiger partial charge is 0.343 e. The first-order chi connectivity index (χ1) is 12.3. The number of carboxylic acid groups (broad SMARTS) is 1. The van der Waals surface area contributed by atoms with Crippen molar-refractivity contribution in [1.29, 1.82) is 0 Å². The molecule has 8 nitrogen and oxygen atoms in total. The highest BCUT2D eigenvalue weighted by molar-refractivity contribution is 7.89. The van der Waals surface area contributed by atoms with Crippen molar-refractivity contribution < 1.29 is 32.6 Å². The zero-order valence-corrected chi connectivity index (χ0v) is 15.2. The van der Waals surface area contributed by atoms with Gasteiger partial charge < -0.3 is 14.6 Å². The summed E-state index contributed by atoms with van der Waals surface area (Å²) in [7, 11) is -2.54. The number of carbonyl (C=O) groups is 2. The molecule has 1 N–H and O–H groups in total. The van der Waals surface area contributed by atoms with E-state index in [1.807, 2.05) is 0 Å². The van der Waals surface area contributed by atoms with Gasteiger partial charge in [-0.3, -0.25) is 4.79 Å². The number of sulfonamides is 1. The second-order valence-corrected chi connectivity index (χ2v) is 8.62. The molecule has 3 rings (SSSR count). The summed E-state index contributed by atoms with van der Waals surface area (Å²) in [5, 5.41) is 9.61. The van der Waals surface area contributed by atoms with Gasteiger partial charge in [-0.1, -0.05) is 6.42 Å². The Morgan fingerprint density at radius 1 is 1.31 bits per heavy atom. The summed E-state index contributed by atoms with van der Waals surface area (Å²) in [4.78, 5) is 22.9. The molecule has 0 bridgehead atoms. The van der Waals surface area contributed by atoms with Crippen molar-refractivity contribution in [3.05, 3.63) is 24.3 Å². The van der Waals surface area contributed by atoms with Gasteiger partial charge in [-0.15, -0.1) is 0 Å². The van der Waals surface area contributed by atoms with Crippen LogP contribution in [0.25, 0.3) is 0 Å². The fourth-order valence-corrected chi connectivity index (χ4v) is 5.39. The van der Waals surface area contributed by atoms with Gasteiger partial charge in [0.2, 0.25) is 10.0 Å². The van der Waals surface area contributed by atoms with E-state index < -0.39 is 27.4 Å². The number of hydrogen-bond donors (Lipinski definition) is 1. The average Bonchev–Trinajstić information content (AvgIpc) is 3.19. The Morgan fingerprint density at radius 3 is 2.58 bits per heavy atom. The van der Waals surface area contributed by atoms with Crippen molar-refractivity contribution in [3.63, 3.8) is 0 Å². The summed E-state index contributed by atoms with van der Waals surface area (Å²) >= 11 is 0. The lowest BCUT2D eigenvalue weighted by molar-refractivity contribution is -0.149. The second kappa shape index (κ2) is 6.88. The molecule has 9 heteroatoms. The molecule has 1 aliphatic carbocycles. The summed E-state index contributed by atoms with van der Waals surface area (Å²) < 4.78 is 36.7. The first-order valence-electron chi connectivity index (χ1n) is 8.33. The number of methoxy groups -OCH3 is 1. The Balaban J connectivity index is 1.75. The first kappa shape index (κ1) is 18.7. The number of ether oxygens (including phenoxy) is 2. The zero-order chi connectivity index (χ0) is 18.9. The molecule has 0 spiro atoms. The highest BCUT2D eigenvalue weighted by atomic mass is 32.2. The summed E-state index contributed by atoms with van der Waals surface area (Å²) in [6, 6.07) is 5.70. The van der Waals surface area contributed by atoms with Crippen molar-refractivity contribution in [1.82, 2.24) is 4.31 Å². The molecular formula is C17H21NO7S. The van der Waals surface area contributed by atoms with Crippen LogP contribution in [0, 0.1) is 11.3 Å². The minimum absolute atomic E-state index is 0.00985. The number of carboxylic acids is 1. The maximum absolute atomic E-state index is 12.9. The SMILES string of the molecule is COC(=O)COc1ccc(S(=O)(=O)N2C[C@@H]3CCC[C@@]3(C(=O)O)C2)cc1. The Kier molecular flexibility index (Phi) is 4.94. The Bertz CT molecular complexity index is 805. The minimum atomic E-state index is -3.78. The molecular weight excluding hydrogens is 362 g/mol. The molecule has 0 unspecified atom stereocenters. The molecule has 2 atom stereocenters. The maximum Gasteiger partial charge on any atom is 0.343 e. The van der Waals surface area contributed by atoms with E-state index in [1.165, 1.54) is 35.7 Å². The van der Waals surface area contributed by atoms with Crippen molar-refractivity contribution in [3.8, 4) is 5.75 Å². The number of rotatable bonds is 6. The Labute approximate surface area is 151 Å². The van der Waals surface area contributed by atoms with E-state index in [9.17, 15) is 23.1 Å². The van der Waals surface area contributed by atoms with Crippen LogP contribution >= 0.6 is 0 Å². The molecule has 1 saturated heterocycles. The quantitative estimate of drug-likeness (QED) is 0.733. The number of fused-ring (bicyclic) bond motifs is 1. The monoisotopic (exact) mass is 383 g/mol. The summed E-state index contributed by atoms with van der Waals surface area (Å²) in [6.07, 6.45) is 2.06. The van der Waals surface area contributed by atoms with Crippen LogP contribution in [0.3, 0.4) is 0 Å². The number of carbonyl (C=O) groups excluding carboxylic acids is 1. The molecule has 1 saturated carbocycles. The Hall–Kier alpha value is -2.13. The zero-order valence-electron chi connectivity index (χ0n) is 14.4. The van der Waals surface area contributed by atoms with Crippen LogP contribution < -0.4 is 4.74 Å². The van der Waals surface area contributed by atoms with Crippen LogP contribution in [0.15, 0.2) is 29.2 Å². The topological polar surface area (TPSA) is 110 Å². The molecule has 1 aromatic rings. The second-order valence-electron chi connectivity index (χ2n) is 6.68. The van der Waals surface area contributed by atoms with E-state index >= 15 is 0 Å². The molecule has 26 heavy (non-hydrogen) atoms. The molecule has 1 aliphatic heterocycles. The van der Waals surface area contributed by atoms with Gasteiger partial charge in [0, 0.05) is 13.1 Å².